The minimum Gasteiger partial charge on any atom is -0.396 e. The number of hydrogen-bond acceptors (Lipinski definition) is 4. The molecular formula is C15H27N3O2. The fourth-order valence-corrected chi connectivity index (χ4v) is 2.84. The second kappa shape index (κ2) is 8.23. The van der Waals surface area contributed by atoms with Crippen molar-refractivity contribution < 1.29 is 9.90 Å². The number of hydrogen-bond donors (Lipinski definition) is 1. The van der Waals surface area contributed by atoms with Crippen molar-refractivity contribution in [2.45, 2.75) is 51.0 Å². The number of aliphatic hydroxyl groups excluding tert-OH is 1. The van der Waals surface area contributed by atoms with Crippen molar-refractivity contribution >= 4 is 5.91 Å². The van der Waals surface area contributed by atoms with Gasteiger partial charge in [0.05, 0.1) is 12.6 Å². The Morgan fingerprint density at radius 2 is 2.00 bits per heavy atom. The van der Waals surface area contributed by atoms with Gasteiger partial charge in [-0.25, -0.2) is 0 Å². The molecule has 1 N–H and O–H groups in total. The molecular weight excluding hydrogens is 254 g/mol. The van der Waals surface area contributed by atoms with Crippen LogP contribution in [0.25, 0.3) is 0 Å². The van der Waals surface area contributed by atoms with Crippen molar-refractivity contribution in [2.75, 3.05) is 33.3 Å². The van der Waals surface area contributed by atoms with E-state index in [2.05, 4.69) is 6.07 Å². The van der Waals surface area contributed by atoms with Gasteiger partial charge in [0.15, 0.2) is 0 Å². The summed E-state index contributed by atoms with van der Waals surface area (Å²) in [5, 5.41) is 18.4. The van der Waals surface area contributed by atoms with Gasteiger partial charge in [-0.15, -0.1) is 0 Å². The summed E-state index contributed by atoms with van der Waals surface area (Å²) in [5.41, 5.74) is -0.605. The number of rotatable bonds is 7. The third-order valence-corrected chi connectivity index (χ3v) is 4.34. The molecule has 1 rings (SSSR count). The fraction of sp³-hybridized carbons (Fsp3) is 0.867. The highest BCUT2D eigenvalue weighted by molar-refractivity contribution is 5.79. The van der Waals surface area contributed by atoms with Gasteiger partial charge in [0.1, 0.15) is 5.54 Å². The van der Waals surface area contributed by atoms with Crippen LogP contribution >= 0.6 is 0 Å². The van der Waals surface area contributed by atoms with Gasteiger partial charge in [0, 0.05) is 20.2 Å². The molecule has 0 bridgehead atoms. The summed E-state index contributed by atoms with van der Waals surface area (Å²) in [4.78, 5) is 16.1. The Bertz CT molecular complexity index is 346. The Kier molecular flexibility index (Phi) is 6.97. The van der Waals surface area contributed by atoms with Crippen LogP contribution < -0.4 is 0 Å². The average Bonchev–Trinajstić information content (AvgIpc) is 2.50. The lowest BCUT2D eigenvalue weighted by atomic mass is 9.81. The van der Waals surface area contributed by atoms with Crippen LogP contribution in [0.15, 0.2) is 0 Å². The molecule has 5 heteroatoms. The molecule has 1 aliphatic carbocycles. The number of amides is 1. The summed E-state index contributed by atoms with van der Waals surface area (Å²) in [6.07, 6.45) is 5.45. The van der Waals surface area contributed by atoms with E-state index >= 15 is 0 Å². The van der Waals surface area contributed by atoms with Gasteiger partial charge in [-0.2, -0.15) is 5.26 Å². The van der Waals surface area contributed by atoms with Gasteiger partial charge < -0.3 is 10.0 Å². The number of likely N-dealkylation sites (N-methyl/N-ethyl adjacent to an activating group) is 2. The van der Waals surface area contributed by atoms with Gasteiger partial charge >= 0.3 is 0 Å². The molecule has 0 atom stereocenters. The van der Waals surface area contributed by atoms with Gasteiger partial charge in [-0.1, -0.05) is 26.2 Å². The molecule has 0 saturated heterocycles. The van der Waals surface area contributed by atoms with Gasteiger partial charge in [-0.05, 0) is 25.8 Å². The molecule has 1 fully saturated rings. The van der Waals surface area contributed by atoms with Crippen LogP contribution in [-0.4, -0.2) is 59.6 Å². The number of aliphatic hydroxyl groups is 1. The molecule has 0 radical (unpaired) electrons. The van der Waals surface area contributed by atoms with Crippen LogP contribution in [0.4, 0.5) is 0 Å². The van der Waals surface area contributed by atoms with Gasteiger partial charge in [0.25, 0.3) is 0 Å². The van der Waals surface area contributed by atoms with Gasteiger partial charge in [-0.3, -0.25) is 9.69 Å². The Morgan fingerprint density at radius 1 is 1.35 bits per heavy atom. The highest BCUT2D eigenvalue weighted by atomic mass is 16.3. The lowest BCUT2D eigenvalue weighted by Gasteiger charge is -2.39. The summed E-state index contributed by atoms with van der Waals surface area (Å²) < 4.78 is 0. The first-order chi connectivity index (χ1) is 9.59. The van der Waals surface area contributed by atoms with E-state index in [-0.39, 0.29) is 12.5 Å². The molecule has 1 amide bonds. The topological polar surface area (TPSA) is 67.6 Å². The quantitative estimate of drug-likeness (QED) is 0.765. The lowest BCUT2D eigenvalue weighted by molar-refractivity contribution is -0.136. The molecule has 0 unspecified atom stereocenters. The SMILES string of the molecule is CCN(CCCO)CC(=O)N(C)C1(C#N)CCCCC1. The second-order valence-corrected chi connectivity index (χ2v) is 5.60. The Balaban J connectivity index is 2.62. The average molecular weight is 281 g/mol. The summed E-state index contributed by atoms with van der Waals surface area (Å²) in [5.74, 6) is 0.00763. The molecule has 1 aliphatic rings. The summed E-state index contributed by atoms with van der Waals surface area (Å²) in [6, 6.07) is 2.38. The normalized spacial score (nSPS) is 17.8. The van der Waals surface area contributed by atoms with Crippen molar-refractivity contribution in [2.24, 2.45) is 0 Å². The third kappa shape index (κ3) is 4.19. The van der Waals surface area contributed by atoms with E-state index < -0.39 is 5.54 Å². The zero-order valence-electron chi connectivity index (χ0n) is 12.8. The Labute approximate surface area is 122 Å². The van der Waals surface area contributed by atoms with Crippen LogP contribution in [0.5, 0.6) is 0 Å². The fourth-order valence-electron chi connectivity index (χ4n) is 2.84. The van der Waals surface area contributed by atoms with E-state index in [1.165, 1.54) is 0 Å². The molecule has 0 heterocycles. The zero-order valence-corrected chi connectivity index (χ0v) is 12.8. The first kappa shape index (κ1) is 16.9. The number of nitriles is 1. The lowest BCUT2D eigenvalue weighted by Crippen LogP contribution is -2.52. The van der Waals surface area contributed by atoms with Crippen LogP contribution in [0.2, 0.25) is 0 Å². The standard InChI is InChI=1S/C15H27N3O2/c1-3-18(10-7-11-19)12-14(20)17(2)15(13-16)8-5-4-6-9-15/h19H,3-12H2,1-2H3. The third-order valence-electron chi connectivity index (χ3n) is 4.34. The maximum absolute atomic E-state index is 12.4. The minimum absolute atomic E-state index is 0.00763. The van der Waals surface area contributed by atoms with E-state index in [1.807, 2.05) is 11.8 Å². The van der Waals surface area contributed by atoms with Crippen molar-refractivity contribution in [3.8, 4) is 6.07 Å². The van der Waals surface area contributed by atoms with E-state index in [0.717, 1.165) is 38.6 Å². The van der Waals surface area contributed by atoms with Gasteiger partial charge in [0.2, 0.25) is 5.91 Å². The first-order valence-corrected chi connectivity index (χ1v) is 7.60. The predicted octanol–water partition coefficient (Wildman–Crippen LogP) is 1.38. The van der Waals surface area contributed by atoms with E-state index in [9.17, 15) is 10.1 Å². The Hall–Kier alpha value is -1.12. The predicted molar refractivity (Wildman–Crippen MR) is 78.0 cm³/mol. The monoisotopic (exact) mass is 281 g/mol. The summed E-state index contributed by atoms with van der Waals surface area (Å²) in [6.45, 7) is 3.97. The highest BCUT2D eigenvalue weighted by Gasteiger charge is 2.38. The molecule has 20 heavy (non-hydrogen) atoms. The number of carbonyl (C=O) groups is 1. The molecule has 5 nitrogen and oxygen atoms in total. The summed E-state index contributed by atoms with van der Waals surface area (Å²) >= 11 is 0. The van der Waals surface area contributed by atoms with E-state index in [0.29, 0.717) is 19.5 Å². The molecule has 114 valence electrons. The maximum Gasteiger partial charge on any atom is 0.237 e. The van der Waals surface area contributed by atoms with Crippen LogP contribution in [-0.2, 0) is 4.79 Å². The van der Waals surface area contributed by atoms with E-state index in [4.69, 9.17) is 5.11 Å². The molecule has 0 aromatic carbocycles. The second-order valence-electron chi connectivity index (χ2n) is 5.60. The van der Waals surface area contributed by atoms with Crippen molar-refractivity contribution in [3.63, 3.8) is 0 Å². The minimum atomic E-state index is -0.605. The van der Waals surface area contributed by atoms with Crippen LogP contribution in [0.3, 0.4) is 0 Å². The largest absolute Gasteiger partial charge is 0.396 e. The molecule has 0 aromatic rings. The van der Waals surface area contributed by atoms with Crippen molar-refractivity contribution in [1.29, 1.82) is 5.26 Å². The molecule has 0 aromatic heterocycles. The molecule has 0 spiro atoms. The Morgan fingerprint density at radius 3 is 2.50 bits per heavy atom. The first-order valence-electron chi connectivity index (χ1n) is 7.60. The number of nitrogens with zero attached hydrogens (tertiary/aromatic N) is 3. The number of carbonyl (C=O) groups excluding carboxylic acids is 1. The van der Waals surface area contributed by atoms with Crippen LogP contribution in [0.1, 0.15) is 45.4 Å². The zero-order chi connectivity index (χ0) is 15.0. The van der Waals surface area contributed by atoms with Crippen molar-refractivity contribution in [3.05, 3.63) is 0 Å². The smallest absolute Gasteiger partial charge is 0.237 e. The highest BCUT2D eigenvalue weighted by Crippen LogP contribution is 2.32. The molecule has 0 aliphatic heterocycles. The van der Waals surface area contributed by atoms with Crippen LogP contribution in [0, 0.1) is 11.3 Å². The summed E-state index contributed by atoms with van der Waals surface area (Å²) in [7, 11) is 1.76. The van der Waals surface area contributed by atoms with Crippen molar-refractivity contribution in [1.82, 2.24) is 9.80 Å². The maximum atomic E-state index is 12.4. The molecule has 1 saturated carbocycles. The van der Waals surface area contributed by atoms with E-state index in [1.54, 1.807) is 11.9 Å².